The highest BCUT2D eigenvalue weighted by Crippen LogP contribution is 2.24. The molecule has 2 heteroatoms. The van der Waals surface area contributed by atoms with Crippen molar-refractivity contribution in [2.24, 2.45) is 4.99 Å². The summed E-state index contributed by atoms with van der Waals surface area (Å²) in [5.41, 5.74) is 0.643. The van der Waals surface area contributed by atoms with Gasteiger partial charge in [0.2, 0.25) is 6.08 Å². The lowest BCUT2D eigenvalue weighted by Crippen LogP contribution is -1.72. The van der Waals surface area contributed by atoms with E-state index in [9.17, 15) is 4.79 Å². The molecule has 0 bridgehead atoms. The van der Waals surface area contributed by atoms with E-state index >= 15 is 0 Å². The van der Waals surface area contributed by atoms with Gasteiger partial charge in [-0.1, -0.05) is 30.3 Å². The van der Waals surface area contributed by atoms with Gasteiger partial charge in [0.1, 0.15) is 0 Å². The van der Waals surface area contributed by atoms with E-state index in [1.165, 1.54) is 6.08 Å². The van der Waals surface area contributed by atoms with Gasteiger partial charge < -0.3 is 0 Å². The Bertz CT molecular complexity index is 479. The molecule has 0 saturated carbocycles. The van der Waals surface area contributed by atoms with Crippen molar-refractivity contribution in [3.63, 3.8) is 0 Å². The molecule has 13 heavy (non-hydrogen) atoms. The Kier molecular flexibility index (Phi) is 1.91. The average molecular weight is 168 g/mol. The predicted molar refractivity (Wildman–Crippen MR) is 50.6 cm³/mol. The van der Waals surface area contributed by atoms with E-state index in [0.717, 1.165) is 10.8 Å². The highest BCUT2D eigenvalue weighted by molar-refractivity contribution is 5.92. The van der Waals surface area contributed by atoms with E-state index in [1.54, 1.807) is 12.1 Å². The van der Waals surface area contributed by atoms with Crippen molar-refractivity contribution >= 4 is 22.5 Å². The van der Waals surface area contributed by atoms with Crippen LogP contribution in [0.2, 0.25) is 0 Å². The Morgan fingerprint density at radius 3 is 2.92 bits per heavy atom. The highest BCUT2D eigenvalue weighted by atomic mass is 16.1. The molecular weight excluding hydrogens is 162 g/mol. The molecule has 0 atom stereocenters. The summed E-state index contributed by atoms with van der Waals surface area (Å²) in [6.45, 7) is 0. The second-order valence-electron chi connectivity index (χ2n) is 2.61. The standard InChI is InChI=1S/C11H6NO/c13-8-12-11-7-3-5-9-4-1-2-6-10(9)11/h1-4,6-7H. The first kappa shape index (κ1) is 7.71. The maximum atomic E-state index is 10.1. The first-order valence-electron chi connectivity index (χ1n) is 3.89. The molecular formula is C11H6NO. The van der Waals surface area contributed by atoms with Crippen LogP contribution in [0.5, 0.6) is 0 Å². The van der Waals surface area contributed by atoms with E-state index in [0.29, 0.717) is 5.69 Å². The summed E-state index contributed by atoms with van der Waals surface area (Å²) in [5.74, 6) is 0. The quantitative estimate of drug-likeness (QED) is 0.475. The SMILES string of the molecule is O=C=Nc1cc[c]c2ccccc12. The van der Waals surface area contributed by atoms with Crippen LogP contribution in [0, 0.1) is 6.07 Å². The number of hydrogen-bond donors (Lipinski definition) is 0. The third-order valence-electron chi connectivity index (χ3n) is 1.85. The normalized spacial score (nSPS) is 9.54. The number of hydrogen-bond acceptors (Lipinski definition) is 2. The molecule has 0 unspecified atom stereocenters. The summed E-state index contributed by atoms with van der Waals surface area (Å²) < 4.78 is 0. The maximum absolute atomic E-state index is 10.1. The molecule has 2 nitrogen and oxygen atoms in total. The number of isocyanates is 1. The molecule has 0 aliphatic carbocycles. The summed E-state index contributed by atoms with van der Waals surface area (Å²) in [5, 5.41) is 1.88. The number of fused-ring (bicyclic) bond motifs is 1. The summed E-state index contributed by atoms with van der Waals surface area (Å²) >= 11 is 0. The zero-order valence-electron chi connectivity index (χ0n) is 6.82. The lowest BCUT2D eigenvalue weighted by molar-refractivity contribution is 0.565. The number of benzene rings is 2. The molecule has 0 aliphatic heterocycles. The third-order valence-corrected chi connectivity index (χ3v) is 1.85. The molecule has 0 fully saturated rings. The molecule has 0 N–H and O–H groups in total. The van der Waals surface area contributed by atoms with Gasteiger partial charge >= 0.3 is 0 Å². The van der Waals surface area contributed by atoms with Crippen LogP contribution in [0.3, 0.4) is 0 Å². The molecule has 0 saturated heterocycles. The predicted octanol–water partition coefficient (Wildman–Crippen LogP) is 2.61. The monoisotopic (exact) mass is 168 g/mol. The van der Waals surface area contributed by atoms with Crippen molar-refractivity contribution in [2.75, 3.05) is 0 Å². The van der Waals surface area contributed by atoms with Crippen LogP contribution in [0.25, 0.3) is 10.8 Å². The molecule has 2 aromatic carbocycles. The number of aliphatic imine (C=N–C) groups is 1. The molecule has 0 spiro atoms. The maximum Gasteiger partial charge on any atom is 0.240 e. The lowest BCUT2D eigenvalue weighted by Gasteiger charge is -1.97. The van der Waals surface area contributed by atoms with E-state index in [-0.39, 0.29) is 0 Å². The highest BCUT2D eigenvalue weighted by Gasteiger charge is 1.96. The first-order valence-corrected chi connectivity index (χ1v) is 3.89. The molecule has 1 radical (unpaired) electrons. The molecule has 2 aromatic rings. The van der Waals surface area contributed by atoms with Gasteiger partial charge in [-0.3, -0.25) is 0 Å². The fourth-order valence-corrected chi connectivity index (χ4v) is 1.28. The second-order valence-corrected chi connectivity index (χ2v) is 2.61. The van der Waals surface area contributed by atoms with Crippen LogP contribution < -0.4 is 0 Å². The summed E-state index contributed by atoms with van der Waals surface area (Å²) in [6, 6.07) is 14.2. The minimum Gasteiger partial charge on any atom is -0.211 e. The van der Waals surface area contributed by atoms with E-state index in [4.69, 9.17) is 0 Å². The Labute approximate surface area is 75.5 Å². The zero-order valence-corrected chi connectivity index (χ0v) is 6.82. The topological polar surface area (TPSA) is 29.4 Å². The van der Waals surface area contributed by atoms with Gasteiger partial charge in [0.25, 0.3) is 0 Å². The fraction of sp³-hybridized carbons (Fsp3) is 0. The van der Waals surface area contributed by atoms with Crippen LogP contribution in [-0.4, -0.2) is 6.08 Å². The Balaban J connectivity index is 2.82. The summed E-state index contributed by atoms with van der Waals surface area (Å²) in [6.07, 6.45) is 1.54. The van der Waals surface area contributed by atoms with Crippen LogP contribution in [0.15, 0.2) is 41.4 Å². The number of nitrogens with zero attached hydrogens (tertiary/aromatic N) is 1. The lowest BCUT2D eigenvalue weighted by atomic mass is 10.1. The van der Waals surface area contributed by atoms with Crippen LogP contribution >= 0.6 is 0 Å². The molecule has 0 aromatic heterocycles. The van der Waals surface area contributed by atoms with Gasteiger partial charge in [0.15, 0.2) is 0 Å². The molecule has 0 amide bonds. The summed E-state index contributed by atoms with van der Waals surface area (Å²) in [4.78, 5) is 13.7. The van der Waals surface area contributed by atoms with Gasteiger partial charge in [0, 0.05) is 5.39 Å². The second kappa shape index (κ2) is 3.21. The van der Waals surface area contributed by atoms with Gasteiger partial charge in [-0.05, 0) is 17.5 Å². The van der Waals surface area contributed by atoms with Crippen LogP contribution in [-0.2, 0) is 4.79 Å². The van der Waals surface area contributed by atoms with Crippen molar-refractivity contribution in [1.29, 1.82) is 0 Å². The minimum absolute atomic E-state index is 0.643. The van der Waals surface area contributed by atoms with E-state index in [2.05, 4.69) is 11.1 Å². The zero-order chi connectivity index (χ0) is 9.10. The Morgan fingerprint density at radius 2 is 2.08 bits per heavy atom. The number of carbonyl (C=O) groups excluding carboxylic acids is 1. The Morgan fingerprint density at radius 1 is 1.23 bits per heavy atom. The summed E-state index contributed by atoms with van der Waals surface area (Å²) in [7, 11) is 0. The van der Waals surface area contributed by atoms with Crippen molar-refractivity contribution in [2.45, 2.75) is 0 Å². The van der Waals surface area contributed by atoms with Crippen molar-refractivity contribution < 1.29 is 4.79 Å². The fourth-order valence-electron chi connectivity index (χ4n) is 1.28. The van der Waals surface area contributed by atoms with Gasteiger partial charge in [0.05, 0.1) is 5.69 Å². The van der Waals surface area contributed by atoms with Gasteiger partial charge in [-0.2, -0.15) is 4.99 Å². The van der Waals surface area contributed by atoms with Gasteiger partial charge in [-0.15, -0.1) is 0 Å². The average Bonchev–Trinajstić information content (AvgIpc) is 2.19. The molecule has 0 heterocycles. The minimum atomic E-state index is 0.643. The largest absolute Gasteiger partial charge is 0.240 e. The first-order chi connectivity index (χ1) is 6.42. The van der Waals surface area contributed by atoms with Crippen LogP contribution in [0.4, 0.5) is 5.69 Å². The molecule has 2 rings (SSSR count). The molecule has 0 aliphatic rings. The molecule has 61 valence electrons. The van der Waals surface area contributed by atoms with Crippen molar-refractivity contribution in [1.82, 2.24) is 0 Å². The van der Waals surface area contributed by atoms with Crippen LogP contribution in [0.1, 0.15) is 0 Å². The number of rotatable bonds is 1. The van der Waals surface area contributed by atoms with E-state index in [1.807, 2.05) is 24.3 Å². The van der Waals surface area contributed by atoms with Crippen molar-refractivity contribution in [3.8, 4) is 0 Å². The Hall–Kier alpha value is -1.92. The third kappa shape index (κ3) is 1.35. The van der Waals surface area contributed by atoms with E-state index < -0.39 is 0 Å². The van der Waals surface area contributed by atoms with Crippen molar-refractivity contribution in [3.05, 3.63) is 42.5 Å². The van der Waals surface area contributed by atoms with Gasteiger partial charge in [-0.25, -0.2) is 4.79 Å². The smallest absolute Gasteiger partial charge is 0.211 e.